The number of hydrogen-bond acceptors (Lipinski definition) is 4. The monoisotopic (exact) mass is 383 g/mol. The van der Waals surface area contributed by atoms with Crippen molar-refractivity contribution >= 4 is 32.4 Å². The van der Waals surface area contributed by atoms with Gasteiger partial charge in [-0.2, -0.15) is 0 Å². The summed E-state index contributed by atoms with van der Waals surface area (Å²) in [6.45, 7) is 0. The van der Waals surface area contributed by atoms with Crippen molar-refractivity contribution in [1.29, 1.82) is 0 Å². The zero-order valence-electron chi connectivity index (χ0n) is 14.3. The van der Waals surface area contributed by atoms with Gasteiger partial charge in [-0.15, -0.1) is 11.3 Å². The van der Waals surface area contributed by atoms with Gasteiger partial charge in [-0.3, -0.25) is 0 Å². The van der Waals surface area contributed by atoms with Crippen molar-refractivity contribution < 1.29 is 8.42 Å². The molecule has 0 saturated carbocycles. The summed E-state index contributed by atoms with van der Waals surface area (Å²) in [5, 5.41) is 0. The molecular weight excluding hydrogens is 366 g/mol. The van der Waals surface area contributed by atoms with Crippen LogP contribution in [-0.2, 0) is 10.0 Å². The van der Waals surface area contributed by atoms with Crippen LogP contribution in [0.1, 0.15) is 0 Å². The molecule has 26 heavy (non-hydrogen) atoms. The molecule has 2 aromatic heterocycles. The van der Waals surface area contributed by atoms with E-state index in [2.05, 4.69) is 28.2 Å². The van der Waals surface area contributed by atoms with E-state index in [4.69, 9.17) is 0 Å². The first-order valence-electron chi connectivity index (χ1n) is 8.03. The molecule has 0 aliphatic rings. The van der Waals surface area contributed by atoms with Crippen LogP contribution in [0.25, 0.3) is 32.2 Å². The van der Waals surface area contributed by atoms with Gasteiger partial charge in [-0.05, 0) is 35.9 Å². The molecule has 0 aliphatic carbocycles. The van der Waals surface area contributed by atoms with Crippen LogP contribution in [0.5, 0.6) is 0 Å². The molecule has 0 saturated heterocycles. The number of rotatable bonds is 4. The van der Waals surface area contributed by atoms with Gasteiger partial charge in [0, 0.05) is 19.0 Å². The molecule has 4 rings (SSSR count). The van der Waals surface area contributed by atoms with Crippen LogP contribution in [0.3, 0.4) is 0 Å². The lowest BCUT2D eigenvalue weighted by molar-refractivity contribution is 0.521. The van der Waals surface area contributed by atoms with Gasteiger partial charge in [0.05, 0.1) is 20.8 Å². The highest BCUT2D eigenvalue weighted by Crippen LogP contribution is 2.34. The normalized spacial score (nSPS) is 12.1. The van der Waals surface area contributed by atoms with E-state index in [0.717, 1.165) is 21.1 Å². The number of sulfonamides is 1. The van der Waals surface area contributed by atoms with Crippen LogP contribution < -0.4 is 0 Å². The van der Waals surface area contributed by atoms with Crippen molar-refractivity contribution in [1.82, 2.24) is 14.3 Å². The van der Waals surface area contributed by atoms with Crippen molar-refractivity contribution in [2.75, 3.05) is 14.1 Å². The Kier molecular flexibility index (Phi) is 4.14. The lowest BCUT2D eigenvalue weighted by Gasteiger charge is -2.10. The summed E-state index contributed by atoms with van der Waals surface area (Å²) >= 11 is 1.65. The number of thiophene rings is 1. The van der Waals surface area contributed by atoms with Crippen molar-refractivity contribution in [2.24, 2.45) is 0 Å². The predicted octanol–water partition coefficient (Wildman–Crippen LogP) is 4.21. The Bertz CT molecular complexity index is 1180. The summed E-state index contributed by atoms with van der Waals surface area (Å²) in [4.78, 5) is 10.3. The maximum Gasteiger partial charge on any atom is 0.242 e. The van der Waals surface area contributed by atoms with Gasteiger partial charge < -0.3 is 4.98 Å². The van der Waals surface area contributed by atoms with E-state index in [-0.39, 0.29) is 4.90 Å². The molecule has 0 atom stereocenters. The van der Waals surface area contributed by atoms with Crippen molar-refractivity contribution in [3.8, 4) is 21.1 Å². The average molecular weight is 383 g/mol. The summed E-state index contributed by atoms with van der Waals surface area (Å²) in [5.41, 5.74) is 2.61. The Labute approximate surface area is 156 Å². The topological polar surface area (TPSA) is 66.1 Å². The summed E-state index contributed by atoms with van der Waals surface area (Å²) in [6, 6.07) is 19.2. The van der Waals surface area contributed by atoms with Crippen molar-refractivity contribution in [3.63, 3.8) is 0 Å². The summed E-state index contributed by atoms with van der Waals surface area (Å²) in [6.07, 6.45) is 0. The number of H-pyrrole nitrogens is 1. The number of aromatic amines is 1. The molecule has 1 N–H and O–H groups in total. The van der Waals surface area contributed by atoms with Crippen LogP contribution >= 0.6 is 11.3 Å². The molecule has 0 unspecified atom stereocenters. The predicted molar refractivity (Wildman–Crippen MR) is 106 cm³/mol. The number of benzene rings is 2. The Morgan fingerprint density at radius 3 is 2.42 bits per heavy atom. The van der Waals surface area contributed by atoms with Crippen molar-refractivity contribution in [3.05, 3.63) is 60.7 Å². The minimum absolute atomic E-state index is 0.251. The highest BCUT2D eigenvalue weighted by Gasteiger charge is 2.18. The Morgan fingerprint density at radius 1 is 0.962 bits per heavy atom. The molecular formula is C19H17N3O2S2. The largest absolute Gasteiger partial charge is 0.337 e. The third-order valence-corrected chi connectivity index (χ3v) is 7.08. The Hall–Kier alpha value is -2.48. The molecule has 5 nitrogen and oxygen atoms in total. The Morgan fingerprint density at radius 2 is 1.69 bits per heavy atom. The van der Waals surface area contributed by atoms with Gasteiger partial charge in [-0.25, -0.2) is 17.7 Å². The second-order valence-corrected chi connectivity index (χ2v) is 9.32. The standard InChI is InChI=1S/C19H17N3O2S2/c1-22(2)26(23,24)14-8-9-15-16(12-14)21-19(20-15)18-11-10-17(25-18)13-6-4-3-5-7-13/h3-12H,1-2H3,(H,20,21). The molecule has 0 aliphatic heterocycles. The third-order valence-electron chi connectivity index (χ3n) is 4.13. The number of nitrogens with zero attached hydrogens (tertiary/aromatic N) is 2. The first kappa shape index (κ1) is 17.0. The van der Waals surface area contributed by atoms with Gasteiger partial charge in [0.2, 0.25) is 10.0 Å². The zero-order chi connectivity index (χ0) is 18.3. The zero-order valence-corrected chi connectivity index (χ0v) is 15.9. The average Bonchev–Trinajstić information content (AvgIpc) is 3.28. The third kappa shape index (κ3) is 2.94. The number of hydrogen-bond donors (Lipinski definition) is 1. The molecule has 0 fully saturated rings. The maximum absolute atomic E-state index is 12.3. The highest BCUT2D eigenvalue weighted by molar-refractivity contribution is 7.89. The van der Waals surface area contributed by atoms with E-state index in [0.29, 0.717) is 5.52 Å². The molecule has 4 aromatic rings. The second-order valence-electron chi connectivity index (χ2n) is 6.08. The molecule has 2 aromatic carbocycles. The summed E-state index contributed by atoms with van der Waals surface area (Å²) in [7, 11) is -0.422. The molecule has 0 spiro atoms. The van der Waals surface area contributed by atoms with Crippen molar-refractivity contribution in [2.45, 2.75) is 4.90 Å². The molecule has 0 bridgehead atoms. The van der Waals surface area contributed by atoms with E-state index in [1.54, 1.807) is 29.5 Å². The van der Waals surface area contributed by atoms with Gasteiger partial charge >= 0.3 is 0 Å². The van der Waals surface area contributed by atoms with Gasteiger partial charge in [0.1, 0.15) is 5.82 Å². The number of imidazole rings is 1. The van der Waals surface area contributed by atoms with Crippen LogP contribution in [0, 0.1) is 0 Å². The minimum atomic E-state index is -3.47. The number of aromatic nitrogens is 2. The summed E-state index contributed by atoms with van der Waals surface area (Å²) in [5.74, 6) is 0.742. The van der Waals surface area contributed by atoms with E-state index < -0.39 is 10.0 Å². The van der Waals surface area contributed by atoms with E-state index >= 15 is 0 Å². The van der Waals surface area contributed by atoms with Gasteiger partial charge in [0.25, 0.3) is 0 Å². The smallest absolute Gasteiger partial charge is 0.242 e. The number of nitrogens with one attached hydrogen (secondary N) is 1. The fraction of sp³-hybridized carbons (Fsp3) is 0.105. The SMILES string of the molecule is CN(C)S(=O)(=O)c1ccc2nc(-c3ccc(-c4ccccc4)s3)[nH]c2c1. The fourth-order valence-corrected chi connectivity index (χ4v) is 4.58. The Balaban J connectivity index is 1.74. The molecule has 132 valence electrons. The quantitative estimate of drug-likeness (QED) is 0.574. The van der Waals surface area contributed by atoms with Crippen LogP contribution in [0.15, 0.2) is 65.6 Å². The van der Waals surface area contributed by atoms with E-state index in [1.165, 1.54) is 24.0 Å². The van der Waals surface area contributed by atoms with Gasteiger partial charge in [0.15, 0.2) is 0 Å². The van der Waals surface area contributed by atoms with Crippen LogP contribution in [-0.4, -0.2) is 36.8 Å². The lowest BCUT2D eigenvalue weighted by atomic mass is 10.2. The number of fused-ring (bicyclic) bond motifs is 1. The first-order chi connectivity index (χ1) is 12.4. The summed E-state index contributed by atoms with van der Waals surface area (Å²) < 4.78 is 25.8. The fourth-order valence-electron chi connectivity index (χ4n) is 2.70. The highest BCUT2D eigenvalue weighted by atomic mass is 32.2. The molecule has 0 radical (unpaired) electrons. The molecule has 2 heterocycles. The van der Waals surface area contributed by atoms with Gasteiger partial charge in [-0.1, -0.05) is 30.3 Å². The maximum atomic E-state index is 12.3. The van der Waals surface area contributed by atoms with E-state index in [9.17, 15) is 8.42 Å². The van der Waals surface area contributed by atoms with Crippen LogP contribution in [0.2, 0.25) is 0 Å². The minimum Gasteiger partial charge on any atom is -0.337 e. The first-order valence-corrected chi connectivity index (χ1v) is 10.3. The molecule has 0 amide bonds. The second kappa shape index (κ2) is 6.35. The molecule has 7 heteroatoms. The van der Waals surface area contributed by atoms with Crippen LogP contribution in [0.4, 0.5) is 0 Å². The lowest BCUT2D eigenvalue weighted by Crippen LogP contribution is -2.22. The van der Waals surface area contributed by atoms with E-state index in [1.807, 2.05) is 24.3 Å².